The zero-order chi connectivity index (χ0) is 28.6. The number of fused-ring (bicyclic) bond motifs is 8. The molecule has 5 heteroatoms. The summed E-state index contributed by atoms with van der Waals surface area (Å²) < 4.78 is 0. The van der Waals surface area contributed by atoms with Crippen LogP contribution in [0.3, 0.4) is 0 Å². The fourth-order valence-corrected chi connectivity index (χ4v) is 7.07. The van der Waals surface area contributed by atoms with Gasteiger partial charge in [0.25, 0.3) is 0 Å². The van der Waals surface area contributed by atoms with Crippen LogP contribution in [0.25, 0.3) is 44.4 Å². The third-order valence-corrected chi connectivity index (χ3v) is 8.91. The van der Waals surface area contributed by atoms with Crippen molar-refractivity contribution in [3.63, 3.8) is 0 Å². The molecule has 4 nitrogen and oxygen atoms in total. The molecule has 0 unspecified atom stereocenters. The molecule has 0 spiro atoms. The summed E-state index contributed by atoms with van der Waals surface area (Å²) in [5, 5.41) is 0. The maximum Gasteiger partial charge on any atom is 2.00 e. The maximum absolute atomic E-state index is 5.57. The normalized spacial score (nSPS) is 13.3. The molecule has 8 bridgehead atoms. The largest absolute Gasteiger partial charge is 2.00 e. The summed E-state index contributed by atoms with van der Waals surface area (Å²) in [6, 6.07) is 8.89. The van der Waals surface area contributed by atoms with Gasteiger partial charge >= 0.3 is 16.5 Å². The number of aromatic amines is 2. The number of aromatic nitrogens is 4. The van der Waals surface area contributed by atoms with E-state index in [0.717, 1.165) is 73.8 Å². The standard InChI is InChI=1S/C36H46N4.Ni/c1-9-23-25(11-3)33-29(15-7)35-27(13-5)28(14-6)36(40-35)30(16-8)34-26(12-4)24(10-2)32(39-34)20-22-18-17-21(37-22)19-31(23)38-33;/h17-20,37-38H,9-16H2,1-8H3;/q;+2. The summed E-state index contributed by atoms with van der Waals surface area (Å²) >= 11 is 0. The minimum absolute atomic E-state index is 0. The van der Waals surface area contributed by atoms with Gasteiger partial charge in [0, 0.05) is 33.2 Å². The smallest absolute Gasteiger partial charge is 0.355 e. The van der Waals surface area contributed by atoms with Gasteiger partial charge in [-0.05, 0) is 109 Å². The second-order valence-corrected chi connectivity index (χ2v) is 10.9. The molecule has 2 aliphatic heterocycles. The van der Waals surface area contributed by atoms with E-state index < -0.39 is 0 Å². The zero-order valence-electron chi connectivity index (χ0n) is 26.2. The zero-order valence-corrected chi connectivity index (χ0v) is 27.2. The van der Waals surface area contributed by atoms with Crippen LogP contribution in [0.5, 0.6) is 0 Å². The van der Waals surface area contributed by atoms with Gasteiger partial charge in [-0.2, -0.15) is 0 Å². The molecule has 0 atom stereocenters. The van der Waals surface area contributed by atoms with Crippen LogP contribution in [0.4, 0.5) is 0 Å². The molecule has 5 rings (SSSR count). The summed E-state index contributed by atoms with van der Waals surface area (Å²) in [5.74, 6) is 0. The number of allylic oxidation sites excluding steroid dienone is 4. The van der Waals surface area contributed by atoms with Gasteiger partial charge in [0.1, 0.15) is 0 Å². The minimum Gasteiger partial charge on any atom is -0.355 e. The third-order valence-electron chi connectivity index (χ3n) is 8.91. The first-order chi connectivity index (χ1) is 19.5. The maximum atomic E-state index is 5.57. The van der Waals surface area contributed by atoms with Crippen molar-refractivity contribution in [1.82, 2.24) is 19.9 Å². The van der Waals surface area contributed by atoms with Gasteiger partial charge in [0.15, 0.2) is 0 Å². The minimum atomic E-state index is 0. The first-order valence-electron chi connectivity index (χ1n) is 15.7. The second kappa shape index (κ2) is 12.9. The molecule has 0 saturated carbocycles. The Balaban J connectivity index is 0.00000387. The monoisotopic (exact) mass is 592 g/mol. The van der Waals surface area contributed by atoms with E-state index in [9.17, 15) is 0 Å². The molecule has 0 amide bonds. The molecule has 0 aromatic carbocycles. The van der Waals surface area contributed by atoms with Crippen molar-refractivity contribution in [2.45, 2.75) is 107 Å². The van der Waals surface area contributed by atoms with Gasteiger partial charge in [0.2, 0.25) is 0 Å². The molecule has 218 valence electrons. The number of rotatable bonds is 8. The Bertz CT molecular complexity index is 1680. The van der Waals surface area contributed by atoms with Crippen LogP contribution < -0.4 is 0 Å². The molecule has 2 N–H and O–H groups in total. The molecule has 0 fully saturated rings. The molecule has 0 saturated heterocycles. The molecule has 5 heterocycles. The molecular weight excluding hydrogens is 547 g/mol. The van der Waals surface area contributed by atoms with Crippen LogP contribution >= 0.6 is 0 Å². The van der Waals surface area contributed by atoms with E-state index in [1.165, 1.54) is 67.0 Å². The predicted molar refractivity (Wildman–Crippen MR) is 173 cm³/mol. The van der Waals surface area contributed by atoms with E-state index in [0.29, 0.717) is 0 Å². The van der Waals surface area contributed by atoms with E-state index in [1.54, 1.807) is 0 Å². The first-order valence-corrected chi connectivity index (χ1v) is 15.7. The SMILES string of the molecule is CCC1=C(CC)c2nc1cc1ccc(cc3[nH]c(c(CC)c4nc(c2CC)C(CC)=C4CC)c(CC)c3CC)[nH]1.[Ni+2]. The fourth-order valence-electron chi connectivity index (χ4n) is 7.07. The van der Waals surface area contributed by atoms with Gasteiger partial charge in [-0.25, -0.2) is 9.97 Å². The number of nitrogens with zero attached hydrogens (tertiary/aromatic N) is 2. The molecular formula is C36H46N4Ni+2. The number of hydrogen-bond donors (Lipinski definition) is 2. The molecule has 2 aliphatic rings. The summed E-state index contributed by atoms with van der Waals surface area (Å²) in [7, 11) is 0. The van der Waals surface area contributed by atoms with Crippen molar-refractivity contribution in [2.24, 2.45) is 0 Å². The van der Waals surface area contributed by atoms with E-state index in [-0.39, 0.29) is 16.5 Å². The Morgan fingerprint density at radius 1 is 0.488 bits per heavy atom. The average Bonchev–Trinajstić information content (AvgIpc) is 3.73. The molecule has 0 radical (unpaired) electrons. The number of H-pyrrole nitrogens is 2. The molecule has 41 heavy (non-hydrogen) atoms. The molecule has 3 aromatic rings. The Labute approximate surface area is 256 Å². The van der Waals surface area contributed by atoms with Crippen molar-refractivity contribution in [1.29, 1.82) is 0 Å². The van der Waals surface area contributed by atoms with Crippen LogP contribution in [0.1, 0.15) is 126 Å². The van der Waals surface area contributed by atoms with E-state index >= 15 is 0 Å². The predicted octanol–water partition coefficient (Wildman–Crippen LogP) is 10.0. The number of hydrogen-bond acceptors (Lipinski definition) is 2. The van der Waals surface area contributed by atoms with Crippen LogP contribution in [-0.4, -0.2) is 19.9 Å². The van der Waals surface area contributed by atoms with Gasteiger partial charge in [-0.1, -0.05) is 55.4 Å². The van der Waals surface area contributed by atoms with Gasteiger partial charge in [0.05, 0.1) is 22.8 Å². The third kappa shape index (κ3) is 5.16. The summed E-state index contributed by atoms with van der Waals surface area (Å²) in [5.41, 5.74) is 20.3. The molecule has 0 aliphatic carbocycles. The van der Waals surface area contributed by atoms with Crippen LogP contribution in [0.15, 0.2) is 24.3 Å². The van der Waals surface area contributed by atoms with Crippen molar-refractivity contribution in [2.75, 3.05) is 0 Å². The average molecular weight is 593 g/mol. The number of nitrogens with one attached hydrogen (secondary N) is 2. The fraction of sp³-hybridized carbons (Fsp3) is 0.444. The number of aryl methyl sites for hydroxylation is 3. The van der Waals surface area contributed by atoms with Gasteiger partial charge in [-0.15, -0.1) is 0 Å². The topological polar surface area (TPSA) is 57.4 Å². The van der Waals surface area contributed by atoms with Crippen LogP contribution in [0, 0.1) is 0 Å². The summed E-state index contributed by atoms with van der Waals surface area (Å²) in [6.45, 7) is 18.2. The van der Waals surface area contributed by atoms with E-state index in [2.05, 4.69) is 89.6 Å². The van der Waals surface area contributed by atoms with Gasteiger partial charge in [-0.3, -0.25) is 0 Å². The summed E-state index contributed by atoms with van der Waals surface area (Å²) in [6.07, 6.45) is 7.74. The van der Waals surface area contributed by atoms with Crippen molar-refractivity contribution in [3.05, 3.63) is 69.3 Å². The quantitative estimate of drug-likeness (QED) is 0.256. The molecule has 3 aromatic heterocycles. The van der Waals surface area contributed by atoms with Crippen molar-refractivity contribution < 1.29 is 16.5 Å². The van der Waals surface area contributed by atoms with Crippen LogP contribution in [0.2, 0.25) is 0 Å². The Morgan fingerprint density at radius 2 is 0.976 bits per heavy atom. The second-order valence-electron chi connectivity index (χ2n) is 10.9. The Kier molecular flexibility index (Phi) is 9.80. The van der Waals surface area contributed by atoms with E-state index in [1.807, 2.05) is 0 Å². The van der Waals surface area contributed by atoms with Crippen molar-refractivity contribution in [3.8, 4) is 0 Å². The first kappa shape index (κ1) is 31.0. The van der Waals surface area contributed by atoms with Crippen LogP contribution in [-0.2, 0) is 42.2 Å². The summed E-state index contributed by atoms with van der Waals surface area (Å²) in [4.78, 5) is 18.5. The Hall–Kier alpha value is -2.91. The van der Waals surface area contributed by atoms with E-state index in [4.69, 9.17) is 9.97 Å². The van der Waals surface area contributed by atoms with Gasteiger partial charge < -0.3 is 9.97 Å². The van der Waals surface area contributed by atoms with Crippen molar-refractivity contribution >= 4 is 44.4 Å². The Morgan fingerprint density at radius 3 is 1.51 bits per heavy atom.